The summed E-state index contributed by atoms with van der Waals surface area (Å²) in [5, 5.41) is 3.15. The SMILES string of the molecule is O=C(NC1CCCCC1)[C@@H](c1ccco1)N(Cc1ccco1)C(=O)[C@@H]1COc2ccccc2O1. The van der Waals surface area contributed by atoms with Gasteiger partial charge in [0.2, 0.25) is 6.10 Å². The highest BCUT2D eigenvalue weighted by molar-refractivity contribution is 5.90. The van der Waals surface area contributed by atoms with Gasteiger partial charge in [-0.2, -0.15) is 0 Å². The standard InChI is InChI=1S/C26H28N2O6/c29-25(27-18-8-2-1-3-9-18)24(22-13-7-15-32-22)28(16-19-10-6-14-31-19)26(30)23-17-33-20-11-4-5-12-21(20)34-23/h4-7,10-15,18,23-24H,1-3,8-9,16-17H2,(H,27,29)/t23-,24+/m0/s1. The molecule has 1 aliphatic carbocycles. The Morgan fingerprint density at radius 1 is 0.941 bits per heavy atom. The van der Waals surface area contributed by atoms with E-state index in [0.29, 0.717) is 23.0 Å². The number of fused-ring (bicyclic) bond motifs is 1. The summed E-state index contributed by atoms with van der Waals surface area (Å²) in [6, 6.07) is 13.3. The fourth-order valence-electron chi connectivity index (χ4n) is 4.59. The van der Waals surface area contributed by atoms with Crippen molar-refractivity contribution in [3.63, 3.8) is 0 Å². The quantitative estimate of drug-likeness (QED) is 0.562. The molecule has 3 aromatic rings. The number of ether oxygens (including phenoxy) is 2. The molecule has 178 valence electrons. The van der Waals surface area contributed by atoms with Crippen LogP contribution in [0.5, 0.6) is 11.5 Å². The van der Waals surface area contributed by atoms with E-state index >= 15 is 0 Å². The number of amides is 2. The summed E-state index contributed by atoms with van der Waals surface area (Å²) in [6.45, 7) is 0.121. The molecular formula is C26H28N2O6. The lowest BCUT2D eigenvalue weighted by Gasteiger charge is -2.34. The Balaban J connectivity index is 1.44. The van der Waals surface area contributed by atoms with Crippen LogP contribution in [0.2, 0.25) is 0 Å². The molecule has 0 bridgehead atoms. The number of carbonyl (C=O) groups is 2. The van der Waals surface area contributed by atoms with Crippen LogP contribution in [-0.4, -0.2) is 35.5 Å². The minimum absolute atomic E-state index is 0.0413. The van der Waals surface area contributed by atoms with Gasteiger partial charge in [-0.25, -0.2) is 0 Å². The summed E-state index contributed by atoms with van der Waals surface area (Å²) in [5.74, 6) is 1.34. The molecule has 0 spiro atoms. The topological polar surface area (TPSA) is 94.2 Å². The molecule has 0 saturated heterocycles. The van der Waals surface area contributed by atoms with E-state index in [1.54, 1.807) is 42.7 Å². The van der Waals surface area contributed by atoms with Gasteiger partial charge in [-0.15, -0.1) is 0 Å². The van der Waals surface area contributed by atoms with Gasteiger partial charge in [-0.05, 0) is 49.2 Å². The minimum Gasteiger partial charge on any atom is -0.485 e. The zero-order valence-corrected chi connectivity index (χ0v) is 18.9. The molecule has 3 heterocycles. The highest BCUT2D eigenvalue weighted by atomic mass is 16.6. The van der Waals surface area contributed by atoms with Crippen molar-refractivity contribution in [1.82, 2.24) is 10.2 Å². The molecule has 0 unspecified atom stereocenters. The summed E-state index contributed by atoms with van der Waals surface area (Å²) >= 11 is 0. The van der Waals surface area contributed by atoms with E-state index in [0.717, 1.165) is 25.7 Å². The highest BCUT2D eigenvalue weighted by Gasteiger charge is 2.40. The van der Waals surface area contributed by atoms with E-state index in [4.69, 9.17) is 18.3 Å². The Morgan fingerprint density at radius 3 is 2.44 bits per heavy atom. The van der Waals surface area contributed by atoms with Crippen LogP contribution >= 0.6 is 0 Å². The molecular weight excluding hydrogens is 436 g/mol. The fourth-order valence-corrected chi connectivity index (χ4v) is 4.59. The van der Waals surface area contributed by atoms with Crippen LogP contribution in [0.4, 0.5) is 0 Å². The number of furan rings is 2. The molecule has 5 rings (SSSR count). The first kappa shape index (κ1) is 22.1. The van der Waals surface area contributed by atoms with Gasteiger partial charge in [0.1, 0.15) is 18.1 Å². The lowest BCUT2D eigenvalue weighted by molar-refractivity contribution is -0.150. The number of hydrogen-bond donors (Lipinski definition) is 1. The van der Waals surface area contributed by atoms with Crippen LogP contribution in [-0.2, 0) is 16.1 Å². The van der Waals surface area contributed by atoms with Crippen molar-refractivity contribution in [2.45, 2.75) is 56.8 Å². The third-order valence-corrected chi connectivity index (χ3v) is 6.30. The van der Waals surface area contributed by atoms with Crippen LogP contribution in [0.15, 0.2) is 69.9 Å². The number of rotatable bonds is 7. The maximum absolute atomic E-state index is 13.8. The predicted molar refractivity (Wildman–Crippen MR) is 122 cm³/mol. The molecule has 2 aliphatic rings. The highest BCUT2D eigenvalue weighted by Crippen LogP contribution is 2.33. The summed E-state index contributed by atoms with van der Waals surface area (Å²) in [5.41, 5.74) is 0. The van der Waals surface area contributed by atoms with Crippen LogP contribution in [0.3, 0.4) is 0 Å². The summed E-state index contributed by atoms with van der Waals surface area (Å²) in [4.78, 5) is 28.9. The Labute approximate surface area is 197 Å². The monoisotopic (exact) mass is 464 g/mol. The Bertz CT molecular complexity index is 1090. The molecule has 1 N–H and O–H groups in total. The van der Waals surface area contributed by atoms with Gasteiger partial charge < -0.3 is 28.5 Å². The Morgan fingerprint density at radius 2 is 1.71 bits per heavy atom. The van der Waals surface area contributed by atoms with Crippen LogP contribution in [0.1, 0.15) is 49.7 Å². The molecule has 0 radical (unpaired) electrons. The number of benzene rings is 1. The third kappa shape index (κ3) is 4.81. The largest absolute Gasteiger partial charge is 0.485 e. The first-order chi connectivity index (χ1) is 16.7. The second kappa shape index (κ2) is 10.1. The van der Waals surface area contributed by atoms with Crippen molar-refractivity contribution in [2.75, 3.05) is 6.61 Å². The van der Waals surface area contributed by atoms with E-state index in [1.807, 2.05) is 12.1 Å². The third-order valence-electron chi connectivity index (χ3n) is 6.30. The predicted octanol–water partition coefficient (Wildman–Crippen LogP) is 4.23. The normalized spacial score (nSPS) is 18.8. The maximum Gasteiger partial charge on any atom is 0.268 e. The van der Waals surface area contributed by atoms with Gasteiger partial charge in [0, 0.05) is 6.04 Å². The lowest BCUT2D eigenvalue weighted by Crippen LogP contribution is -2.52. The molecule has 2 atom stereocenters. The van der Waals surface area contributed by atoms with Gasteiger partial charge in [-0.3, -0.25) is 9.59 Å². The van der Waals surface area contributed by atoms with Gasteiger partial charge in [0.05, 0.1) is 19.1 Å². The number of hydrogen-bond acceptors (Lipinski definition) is 6. The average Bonchev–Trinajstić information content (AvgIpc) is 3.58. The van der Waals surface area contributed by atoms with Gasteiger partial charge in [-0.1, -0.05) is 31.4 Å². The first-order valence-corrected chi connectivity index (χ1v) is 11.7. The van der Waals surface area contributed by atoms with Crippen molar-refractivity contribution < 1.29 is 27.9 Å². The Hall–Kier alpha value is -3.68. The van der Waals surface area contributed by atoms with E-state index in [1.165, 1.54) is 17.6 Å². The average molecular weight is 465 g/mol. The molecule has 2 amide bonds. The van der Waals surface area contributed by atoms with Gasteiger partial charge in [0.15, 0.2) is 17.5 Å². The zero-order chi connectivity index (χ0) is 23.3. The molecule has 34 heavy (non-hydrogen) atoms. The van der Waals surface area contributed by atoms with E-state index in [9.17, 15) is 9.59 Å². The minimum atomic E-state index is -0.977. The molecule has 8 heteroatoms. The van der Waals surface area contributed by atoms with Crippen molar-refractivity contribution >= 4 is 11.8 Å². The van der Waals surface area contributed by atoms with Crippen molar-refractivity contribution in [3.05, 3.63) is 72.6 Å². The second-order valence-corrected chi connectivity index (χ2v) is 8.67. The number of nitrogens with zero attached hydrogens (tertiary/aromatic N) is 1. The molecule has 1 saturated carbocycles. The van der Waals surface area contributed by atoms with Crippen molar-refractivity contribution in [2.24, 2.45) is 0 Å². The zero-order valence-electron chi connectivity index (χ0n) is 18.9. The number of para-hydroxylation sites is 2. The molecule has 1 aliphatic heterocycles. The maximum atomic E-state index is 13.8. The van der Waals surface area contributed by atoms with Gasteiger partial charge in [0.25, 0.3) is 11.8 Å². The van der Waals surface area contributed by atoms with Crippen molar-refractivity contribution in [1.29, 1.82) is 0 Å². The van der Waals surface area contributed by atoms with Crippen molar-refractivity contribution in [3.8, 4) is 11.5 Å². The summed E-state index contributed by atoms with van der Waals surface area (Å²) in [7, 11) is 0. The summed E-state index contributed by atoms with van der Waals surface area (Å²) in [6.07, 6.45) is 7.33. The smallest absolute Gasteiger partial charge is 0.268 e. The number of carbonyl (C=O) groups excluding carboxylic acids is 2. The van der Waals surface area contributed by atoms with Crippen LogP contribution in [0, 0.1) is 0 Å². The fraction of sp³-hybridized carbons (Fsp3) is 0.385. The Kier molecular flexibility index (Phi) is 6.56. The van der Waals surface area contributed by atoms with E-state index in [2.05, 4.69) is 5.32 Å². The molecule has 2 aromatic heterocycles. The lowest BCUT2D eigenvalue weighted by atomic mass is 9.95. The van der Waals surface area contributed by atoms with E-state index in [-0.39, 0.29) is 31.0 Å². The van der Waals surface area contributed by atoms with Crippen LogP contribution in [0.25, 0.3) is 0 Å². The van der Waals surface area contributed by atoms with E-state index < -0.39 is 12.1 Å². The second-order valence-electron chi connectivity index (χ2n) is 8.67. The molecule has 1 fully saturated rings. The van der Waals surface area contributed by atoms with Gasteiger partial charge >= 0.3 is 0 Å². The molecule has 8 nitrogen and oxygen atoms in total. The number of nitrogens with one attached hydrogen (secondary N) is 1. The summed E-state index contributed by atoms with van der Waals surface area (Å²) < 4.78 is 22.9. The molecule has 1 aromatic carbocycles. The van der Waals surface area contributed by atoms with Crippen LogP contribution < -0.4 is 14.8 Å². The first-order valence-electron chi connectivity index (χ1n) is 11.7.